The Labute approximate surface area is 224 Å². The second-order valence-electron chi connectivity index (χ2n) is 8.35. The summed E-state index contributed by atoms with van der Waals surface area (Å²) in [7, 11) is 0. The van der Waals surface area contributed by atoms with Gasteiger partial charge < -0.3 is 14.8 Å². The molecule has 0 spiro atoms. The lowest BCUT2D eigenvalue weighted by Crippen LogP contribution is -2.24. The predicted octanol–water partition coefficient (Wildman–Crippen LogP) is 5.30. The van der Waals surface area contributed by atoms with Crippen LogP contribution in [-0.2, 0) is 19.1 Å². The largest absolute Gasteiger partial charge is 0.454 e. The van der Waals surface area contributed by atoms with Gasteiger partial charge in [0.25, 0.3) is 0 Å². The first-order valence-electron chi connectivity index (χ1n) is 11.9. The molecule has 9 heteroatoms. The van der Waals surface area contributed by atoms with Gasteiger partial charge in [-0.25, -0.2) is 4.79 Å². The first kappa shape index (κ1) is 28.3. The number of rotatable bonds is 12. The normalized spacial score (nSPS) is 11.2. The molecule has 8 nitrogen and oxygen atoms in total. The highest BCUT2D eigenvalue weighted by atomic mass is 35.5. The summed E-state index contributed by atoms with van der Waals surface area (Å²) in [4.78, 5) is 60.9. The number of esters is 2. The van der Waals surface area contributed by atoms with Crippen molar-refractivity contribution in [3.8, 4) is 0 Å². The Morgan fingerprint density at radius 1 is 0.789 bits per heavy atom. The number of carbonyl (C=O) groups excluding carboxylic acids is 5. The number of amides is 1. The van der Waals surface area contributed by atoms with Gasteiger partial charge in [0.2, 0.25) is 11.7 Å². The van der Waals surface area contributed by atoms with Crippen LogP contribution < -0.4 is 5.32 Å². The SMILES string of the molecule is CC(OC(=O)CCCC(=O)Nc1ccc(C(=O)OCC(=O)c2ccccc2)cc1)C(=O)c1ccc(Cl)cc1. The zero-order valence-corrected chi connectivity index (χ0v) is 21.4. The summed E-state index contributed by atoms with van der Waals surface area (Å²) in [5.74, 6) is -2.22. The molecule has 0 fully saturated rings. The number of nitrogens with one attached hydrogen (secondary N) is 1. The first-order valence-corrected chi connectivity index (χ1v) is 12.3. The van der Waals surface area contributed by atoms with Crippen LogP contribution in [-0.4, -0.2) is 42.1 Å². The monoisotopic (exact) mass is 535 g/mol. The Bertz CT molecular complexity index is 1290. The summed E-state index contributed by atoms with van der Waals surface area (Å²) >= 11 is 5.81. The lowest BCUT2D eigenvalue weighted by molar-refractivity contribution is -0.146. The molecule has 0 aliphatic heterocycles. The minimum absolute atomic E-state index is 0.0296. The Morgan fingerprint density at radius 2 is 1.42 bits per heavy atom. The van der Waals surface area contributed by atoms with E-state index >= 15 is 0 Å². The molecule has 0 aliphatic carbocycles. The van der Waals surface area contributed by atoms with Crippen LogP contribution in [0.1, 0.15) is 57.3 Å². The molecule has 196 valence electrons. The lowest BCUT2D eigenvalue weighted by atomic mass is 10.1. The van der Waals surface area contributed by atoms with Crippen molar-refractivity contribution in [1.82, 2.24) is 0 Å². The zero-order valence-electron chi connectivity index (χ0n) is 20.6. The van der Waals surface area contributed by atoms with Gasteiger partial charge in [-0.15, -0.1) is 0 Å². The van der Waals surface area contributed by atoms with Crippen LogP contribution in [0, 0.1) is 0 Å². The number of halogens is 1. The van der Waals surface area contributed by atoms with Gasteiger partial charge >= 0.3 is 11.9 Å². The second kappa shape index (κ2) is 13.9. The molecule has 0 radical (unpaired) electrons. The van der Waals surface area contributed by atoms with Crippen molar-refractivity contribution < 1.29 is 33.4 Å². The summed E-state index contributed by atoms with van der Waals surface area (Å²) < 4.78 is 10.2. The molecule has 3 rings (SSSR count). The van der Waals surface area contributed by atoms with Crippen LogP contribution in [0.25, 0.3) is 0 Å². The Hall–Kier alpha value is -4.30. The molecule has 1 amide bonds. The van der Waals surface area contributed by atoms with Crippen LogP contribution in [0.15, 0.2) is 78.9 Å². The second-order valence-corrected chi connectivity index (χ2v) is 8.78. The summed E-state index contributed by atoms with van der Waals surface area (Å²) in [6, 6.07) is 20.8. The van der Waals surface area contributed by atoms with Gasteiger partial charge in [0.1, 0.15) is 0 Å². The van der Waals surface area contributed by atoms with Crippen LogP contribution in [0.3, 0.4) is 0 Å². The highest BCUT2D eigenvalue weighted by Gasteiger charge is 2.19. The van der Waals surface area contributed by atoms with Crippen molar-refractivity contribution in [1.29, 1.82) is 0 Å². The lowest BCUT2D eigenvalue weighted by Gasteiger charge is -2.12. The van der Waals surface area contributed by atoms with E-state index in [1.807, 2.05) is 0 Å². The highest BCUT2D eigenvalue weighted by Crippen LogP contribution is 2.14. The molecular weight excluding hydrogens is 510 g/mol. The average Bonchev–Trinajstić information content (AvgIpc) is 2.92. The molecular formula is C29H26ClNO7. The first-order chi connectivity index (χ1) is 18.2. The van der Waals surface area contributed by atoms with Crippen molar-refractivity contribution >= 4 is 46.7 Å². The maximum absolute atomic E-state index is 12.3. The Morgan fingerprint density at radius 3 is 2.08 bits per heavy atom. The predicted molar refractivity (Wildman–Crippen MR) is 141 cm³/mol. The average molecular weight is 536 g/mol. The molecule has 0 saturated heterocycles. The number of anilines is 1. The molecule has 3 aromatic carbocycles. The van der Waals surface area contributed by atoms with Crippen molar-refractivity contribution in [2.45, 2.75) is 32.3 Å². The summed E-state index contributed by atoms with van der Waals surface area (Å²) in [5, 5.41) is 3.17. The quantitative estimate of drug-likeness (QED) is 0.247. The van der Waals surface area contributed by atoms with Crippen LogP contribution in [0.2, 0.25) is 5.02 Å². The number of benzene rings is 3. The van der Waals surface area contributed by atoms with E-state index in [4.69, 9.17) is 21.1 Å². The fourth-order valence-electron chi connectivity index (χ4n) is 3.39. The Kier molecular flexibility index (Phi) is 10.3. The molecule has 38 heavy (non-hydrogen) atoms. The van der Waals surface area contributed by atoms with E-state index < -0.39 is 18.0 Å². The van der Waals surface area contributed by atoms with E-state index in [2.05, 4.69) is 5.32 Å². The van der Waals surface area contributed by atoms with Crippen molar-refractivity contribution in [3.63, 3.8) is 0 Å². The minimum atomic E-state index is -0.959. The van der Waals surface area contributed by atoms with Crippen molar-refractivity contribution in [2.75, 3.05) is 11.9 Å². The maximum Gasteiger partial charge on any atom is 0.338 e. The number of carbonyl (C=O) groups is 5. The number of hydrogen-bond acceptors (Lipinski definition) is 7. The van der Waals surface area contributed by atoms with Crippen LogP contribution in [0.4, 0.5) is 5.69 Å². The van der Waals surface area contributed by atoms with Gasteiger partial charge in [0, 0.05) is 34.7 Å². The topological polar surface area (TPSA) is 116 Å². The third-order valence-electron chi connectivity index (χ3n) is 5.43. The van der Waals surface area contributed by atoms with Gasteiger partial charge in [-0.2, -0.15) is 0 Å². The zero-order chi connectivity index (χ0) is 27.5. The molecule has 0 saturated carbocycles. The number of hydrogen-bond donors (Lipinski definition) is 1. The molecule has 1 N–H and O–H groups in total. The fraction of sp³-hybridized carbons (Fsp3) is 0.207. The molecule has 1 atom stereocenters. The number of ether oxygens (including phenoxy) is 2. The van der Waals surface area contributed by atoms with Crippen LogP contribution >= 0.6 is 11.6 Å². The summed E-state index contributed by atoms with van der Waals surface area (Å²) in [6.07, 6.45) is -0.705. The van der Waals surface area contributed by atoms with Gasteiger partial charge in [-0.05, 0) is 61.9 Å². The van der Waals surface area contributed by atoms with Gasteiger partial charge in [-0.3, -0.25) is 19.2 Å². The van der Waals surface area contributed by atoms with Gasteiger partial charge in [0.05, 0.1) is 5.56 Å². The smallest absolute Gasteiger partial charge is 0.338 e. The summed E-state index contributed by atoms with van der Waals surface area (Å²) in [6.45, 7) is 1.11. The Balaban J connectivity index is 1.37. The minimum Gasteiger partial charge on any atom is -0.454 e. The third kappa shape index (κ3) is 8.67. The van der Waals surface area contributed by atoms with Gasteiger partial charge in [0.15, 0.2) is 18.5 Å². The molecule has 0 aromatic heterocycles. The molecule has 0 bridgehead atoms. The molecule has 1 unspecified atom stereocenters. The standard InChI is InChI=1S/C29H26ClNO7/c1-19(28(35)21-10-14-23(30)15-11-21)38-27(34)9-5-8-26(33)31-24-16-12-22(13-17-24)29(36)37-18-25(32)20-6-3-2-4-7-20/h2-4,6-7,10-17,19H,5,8-9,18H2,1H3,(H,31,33). The maximum atomic E-state index is 12.3. The highest BCUT2D eigenvalue weighted by molar-refractivity contribution is 6.30. The van der Waals surface area contributed by atoms with E-state index in [-0.39, 0.29) is 48.9 Å². The van der Waals surface area contributed by atoms with Gasteiger partial charge in [-0.1, -0.05) is 41.9 Å². The van der Waals surface area contributed by atoms with E-state index in [1.165, 1.54) is 31.2 Å². The van der Waals surface area contributed by atoms with E-state index in [1.54, 1.807) is 54.6 Å². The molecule has 0 heterocycles. The van der Waals surface area contributed by atoms with Crippen molar-refractivity contribution in [3.05, 3.63) is 101 Å². The van der Waals surface area contributed by atoms with Crippen LogP contribution in [0.5, 0.6) is 0 Å². The molecule has 0 aliphatic rings. The van der Waals surface area contributed by atoms with E-state index in [0.29, 0.717) is 21.8 Å². The number of ketones is 2. The third-order valence-corrected chi connectivity index (χ3v) is 5.68. The summed E-state index contributed by atoms with van der Waals surface area (Å²) in [5.41, 5.74) is 1.52. The number of Topliss-reactive ketones (excluding diaryl/α,β-unsaturated/α-hetero) is 2. The van der Waals surface area contributed by atoms with E-state index in [9.17, 15) is 24.0 Å². The molecule has 3 aromatic rings. The van der Waals surface area contributed by atoms with Crippen molar-refractivity contribution in [2.24, 2.45) is 0 Å². The van der Waals surface area contributed by atoms with E-state index in [0.717, 1.165) is 0 Å². The fourth-order valence-corrected chi connectivity index (χ4v) is 3.51.